The zero-order valence-electron chi connectivity index (χ0n) is 11.1. The van der Waals surface area contributed by atoms with Crippen LogP contribution in [0.15, 0.2) is 11.4 Å². The summed E-state index contributed by atoms with van der Waals surface area (Å²) in [6.45, 7) is 4.43. The minimum Gasteiger partial charge on any atom is -0.366 e. The van der Waals surface area contributed by atoms with E-state index in [0.29, 0.717) is 28.9 Å². The Morgan fingerprint density at radius 3 is 2.75 bits per heavy atom. The van der Waals surface area contributed by atoms with Gasteiger partial charge < -0.3 is 16.4 Å². The van der Waals surface area contributed by atoms with Gasteiger partial charge in [-0.1, -0.05) is 0 Å². The van der Waals surface area contributed by atoms with Gasteiger partial charge in [0.05, 0.1) is 12.1 Å². The lowest BCUT2D eigenvalue weighted by Gasteiger charge is -2.16. The number of fused-ring (bicyclic) bond motifs is 1. The van der Waals surface area contributed by atoms with E-state index in [1.807, 2.05) is 0 Å². The Labute approximate surface area is 121 Å². The molecule has 2 aliphatic heterocycles. The molecule has 0 spiro atoms. The van der Waals surface area contributed by atoms with E-state index in [2.05, 4.69) is 15.5 Å². The number of nitrogens with one attached hydrogen (secondary N) is 2. The van der Waals surface area contributed by atoms with Gasteiger partial charge in [-0.2, -0.15) is 0 Å². The second kappa shape index (κ2) is 5.51. The summed E-state index contributed by atoms with van der Waals surface area (Å²) in [7, 11) is 0. The van der Waals surface area contributed by atoms with E-state index in [1.54, 1.807) is 11.4 Å². The first-order valence-corrected chi connectivity index (χ1v) is 7.61. The Balaban J connectivity index is 1.55. The first-order chi connectivity index (χ1) is 9.63. The second-order valence-electron chi connectivity index (χ2n) is 5.45. The van der Waals surface area contributed by atoms with Gasteiger partial charge in [0.15, 0.2) is 0 Å². The molecule has 7 heteroatoms. The van der Waals surface area contributed by atoms with Crippen LogP contribution >= 0.6 is 11.3 Å². The minimum absolute atomic E-state index is 0.0807. The van der Waals surface area contributed by atoms with Gasteiger partial charge in [0.2, 0.25) is 5.91 Å². The van der Waals surface area contributed by atoms with Crippen LogP contribution in [-0.4, -0.2) is 49.4 Å². The number of nitrogens with two attached hydrogens (primary N) is 1. The van der Waals surface area contributed by atoms with Crippen LogP contribution in [0.2, 0.25) is 0 Å². The van der Waals surface area contributed by atoms with Gasteiger partial charge in [0, 0.05) is 13.1 Å². The molecule has 0 aromatic carbocycles. The van der Waals surface area contributed by atoms with Gasteiger partial charge >= 0.3 is 0 Å². The van der Waals surface area contributed by atoms with Crippen LogP contribution in [-0.2, 0) is 4.79 Å². The molecule has 4 N–H and O–H groups in total. The summed E-state index contributed by atoms with van der Waals surface area (Å²) in [6, 6.07) is 1.63. The number of likely N-dealkylation sites (tertiary alicyclic amines) is 1. The van der Waals surface area contributed by atoms with Crippen molar-refractivity contribution in [2.75, 3.05) is 38.0 Å². The molecular weight excluding hydrogens is 276 g/mol. The molecule has 2 saturated heterocycles. The van der Waals surface area contributed by atoms with Crippen molar-refractivity contribution in [1.82, 2.24) is 10.2 Å². The minimum atomic E-state index is -0.511. The van der Waals surface area contributed by atoms with Gasteiger partial charge in [-0.3, -0.25) is 14.5 Å². The van der Waals surface area contributed by atoms with Gasteiger partial charge in [-0.15, -0.1) is 11.3 Å². The van der Waals surface area contributed by atoms with E-state index in [0.717, 1.165) is 26.2 Å². The summed E-state index contributed by atoms with van der Waals surface area (Å²) in [5, 5.41) is 8.46. The summed E-state index contributed by atoms with van der Waals surface area (Å²) in [4.78, 5) is 25.4. The maximum atomic E-state index is 12.0. The number of anilines is 1. The normalized spacial score (nSPS) is 25.6. The zero-order valence-corrected chi connectivity index (χ0v) is 11.9. The molecule has 2 aliphatic rings. The van der Waals surface area contributed by atoms with Crippen LogP contribution in [0.1, 0.15) is 10.4 Å². The summed E-state index contributed by atoms with van der Waals surface area (Å²) in [6.07, 6.45) is 0. The van der Waals surface area contributed by atoms with Crippen LogP contribution in [0.5, 0.6) is 0 Å². The number of nitrogens with zero attached hydrogens (tertiary/aromatic N) is 1. The number of rotatable bonds is 4. The SMILES string of the molecule is NC(=O)c1ccsc1NC(=O)CN1C[C@H]2CNC[C@H]2C1. The van der Waals surface area contributed by atoms with Crippen molar-refractivity contribution < 1.29 is 9.59 Å². The lowest BCUT2D eigenvalue weighted by atomic mass is 10.0. The van der Waals surface area contributed by atoms with E-state index in [-0.39, 0.29) is 5.91 Å². The van der Waals surface area contributed by atoms with Gasteiger partial charge in [0.1, 0.15) is 5.00 Å². The van der Waals surface area contributed by atoms with E-state index in [9.17, 15) is 9.59 Å². The van der Waals surface area contributed by atoms with E-state index < -0.39 is 5.91 Å². The highest BCUT2D eigenvalue weighted by molar-refractivity contribution is 7.14. The molecule has 0 saturated carbocycles. The van der Waals surface area contributed by atoms with Gasteiger partial charge in [-0.05, 0) is 36.4 Å². The second-order valence-corrected chi connectivity index (χ2v) is 6.36. The highest BCUT2D eigenvalue weighted by atomic mass is 32.1. The van der Waals surface area contributed by atoms with Crippen molar-refractivity contribution in [2.24, 2.45) is 17.6 Å². The largest absolute Gasteiger partial charge is 0.366 e. The summed E-state index contributed by atoms with van der Waals surface area (Å²) in [5.74, 6) is 0.752. The van der Waals surface area contributed by atoms with Crippen LogP contribution in [0.25, 0.3) is 0 Å². The molecule has 3 heterocycles. The molecule has 2 atom stereocenters. The van der Waals surface area contributed by atoms with Gasteiger partial charge in [0.25, 0.3) is 5.91 Å². The molecule has 1 aromatic rings. The van der Waals surface area contributed by atoms with E-state index in [1.165, 1.54) is 11.3 Å². The molecule has 0 bridgehead atoms. The zero-order chi connectivity index (χ0) is 14.1. The number of hydrogen-bond donors (Lipinski definition) is 3. The van der Waals surface area contributed by atoms with Crippen LogP contribution in [0.3, 0.4) is 0 Å². The average molecular weight is 294 g/mol. The maximum absolute atomic E-state index is 12.0. The molecular formula is C13H18N4O2S. The summed E-state index contributed by atoms with van der Waals surface area (Å²) < 4.78 is 0. The van der Waals surface area contributed by atoms with Crippen molar-refractivity contribution in [3.8, 4) is 0 Å². The first kappa shape index (κ1) is 13.5. The third-order valence-corrected chi connectivity index (χ3v) is 4.85. The highest BCUT2D eigenvalue weighted by Crippen LogP contribution is 2.26. The fraction of sp³-hybridized carbons (Fsp3) is 0.538. The molecule has 108 valence electrons. The molecule has 3 rings (SSSR count). The van der Waals surface area contributed by atoms with E-state index >= 15 is 0 Å². The number of primary amides is 1. The topological polar surface area (TPSA) is 87.5 Å². The third-order valence-electron chi connectivity index (χ3n) is 4.02. The Morgan fingerprint density at radius 1 is 1.40 bits per heavy atom. The summed E-state index contributed by atoms with van der Waals surface area (Å²) in [5.41, 5.74) is 5.64. The number of thiophene rings is 1. The molecule has 0 unspecified atom stereocenters. The lowest BCUT2D eigenvalue weighted by molar-refractivity contribution is -0.117. The van der Waals surface area contributed by atoms with E-state index in [4.69, 9.17) is 5.73 Å². The number of hydrogen-bond acceptors (Lipinski definition) is 5. The number of amides is 2. The molecule has 0 aliphatic carbocycles. The Hall–Kier alpha value is -1.44. The Morgan fingerprint density at radius 2 is 2.10 bits per heavy atom. The van der Waals surface area contributed by atoms with Crippen molar-refractivity contribution in [3.63, 3.8) is 0 Å². The quantitative estimate of drug-likeness (QED) is 0.726. The Bertz CT molecular complexity index is 518. The molecule has 20 heavy (non-hydrogen) atoms. The summed E-state index contributed by atoms with van der Waals surface area (Å²) >= 11 is 1.32. The Kier molecular flexibility index (Phi) is 3.73. The van der Waals surface area contributed by atoms with Crippen LogP contribution < -0.4 is 16.4 Å². The van der Waals surface area contributed by atoms with Crippen molar-refractivity contribution in [1.29, 1.82) is 0 Å². The molecule has 6 nitrogen and oxygen atoms in total. The molecule has 2 fully saturated rings. The van der Waals surface area contributed by atoms with Crippen molar-refractivity contribution >= 4 is 28.2 Å². The predicted molar refractivity (Wildman–Crippen MR) is 77.8 cm³/mol. The highest BCUT2D eigenvalue weighted by Gasteiger charge is 2.36. The molecule has 1 aromatic heterocycles. The standard InChI is InChI=1S/C13H18N4O2S/c14-12(19)10-1-2-20-13(10)16-11(18)7-17-5-8-3-15-4-9(8)6-17/h1-2,8-9,15H,3-7H2,(H2,14,19)(H,16,18)/t8-,9+. The fourth-order valence-electron chi connectivity index (χ4n) is 3.05. The predicted octanol–water partition coefficient (Wildman–Crippen LogP) is -0.0633. The molecule has 2 amide bonds. The first-order valence-electron chi connectivity index (χ1n) is 6.73. The molecule has 0 radical (unpaired) electrons. The number of carbonyl (C=O) groups is 2. The fourth-order valence-corrected chi connectivity index (χ4v) is 3.86. The third kappa shape index (κ3) is 2.70. The van der Waals surface area contributed by atoms with Gasteiger partial charge in [-0.25, -0.2) is 0 Å². The monoisotopic (exact) mass is 294 g/mol. The smallest absolute Gasteiger partial charge is 0.251 e. The van der Waals surface area contributed by atoms with Crippen LogP contribution in [0.4, 0.5) is 5.00 Å². The van der Waals surface area contributed by atoms with Crippen LogP contribution in [0, 0.1) is 11.8 Å². The number of carbonyl (C=O) groups excluding carboxylic acids is 2. The maximum Gasteiger partial charge on any atom is 0.251 e. The van der Waals surface area contributed by atoms with Crippen molar-refractivity contribution in [3.05, 3.63) is 17.0 Å². The van der Waals surface area contributed by atoms with Crippen molar-refractivity contribution in [2.45, 2.75) is 0 Å². The lowest BCUT2D eigenvalue weighted by Crippen LogP contribution is -2.34. The average Bonchev–Trinajstić information content (AvgIpc) is 3.03.